The number of aliphatic hydroxyl groups is 5. The van der Waals surface area contributed by atoms with E-state index in [0.717, 1.165) is 38.5 Å². The lowest BCUT2D eigenvalue weighted by Crippen LogP contribution is -2.68. The third-order valence-corrected chi connectivity index (χ3v) is 14.3. The third kappa shape index (κ3) is 5.38. The molecule has 4 aliphatic carbocycles. The van der Waals surface area contributed by atoms with Gasteiger partial charge >= 0.3 is 0 Å². The van der Waals surface area contributed by atoms with E-state index in [1.54, 1.807) is 0 Å². The summed E-state index contributed by atoms with van der Waals surface area (Å²) in [5, 5.41) is 53.1. The van der Waals surface area contributed by atoms with E-state index in [0.29, 0.717) is 17.8 Å². The Labute approximate surface area is 266 Å². The first-order chi connectivity index (χ1) is 20.5. The molecule has 7 heteroatoms. The Morgan fingerprint density at radius 2 is 1.52 bits per heavy atom. The van der Waals surface area contributed by atoms with E-state index in [1.807, 2.05) is 0 Å². The maximum atomic E-state index is 12.1. The smallest absolute Gasteiger partial charge is 0.186 e. The second-order valence-electron chi connectivity index (χ2n) is 17.0. The topological polar surface area (TPSA) is 120 Å². The van der Waals surface area contributed by atoms with Crippen LogP contribution in [0.25, 0.3) is 0 Å². The molecule has 7 nitrogen and oxygen atoms in total. The van der Waals surface area contributed by atoms with Gasteiger partial charge in [-0.2, -0.15) is 0 Å². The minimum Gasteiger partial charge on any atom is -0.394 e. The molecule has 14 atom stereocenters. The van der Waals surface area contributed by atoms with Crippen molar-refractivity contribution in [2.75, 3.05) is 6.61 Å². The number of hydrogen-bond donors (Lipinski definition) is 5. The average molecular weight is 619 g/mol. The molecule has 0 unspecified atom stereocenters. The highest BCUT2D eigenvalue weighted by atomic mass is 16.7. The molecular formula is C37H62O7. The SMILES string of the molecule is CC(C)=CC/C=C(/C)[C@H]1CCC[C@]2(C)[C@@H]1[C@H](O)C[C@@H]1[C@]3(C)CC[C@@H](O[C@@H]4O[C@H](CO)[C@@H](O)[C@H](O)[C@H]4O)C(C)(C)[C@H]3CC[C@]12C. The van der Waals surface area contributed by atoms with Crippen LogP contribution in [0.2, 0.25) is 0 Å². The van der Waals surface area contributed by atoms with Crippen molar-refractivity contribution in [2.45, 2.75) is 156 Å². The summed E-state index contributed by atoms with van der Waals surface area (Å²) >= 11 is 0. The van der Waals surface area contributed by atoms with E-state index >= 15 is 0 Å². The molecule has 4 saturated carbocycles. The first-order valence-corrected chi connectivity index (χ1v) is 17.5. The lowest BCUT2D eigenvalue weighted by molar-refractivity contribution is -0.332. The molecule has 44 heavy (non-hydrogen) atoms. The van der Waals surface area contributed by atoms with E-state index in [1.165, 1.54) is 30.4 Å². The molecule has 0 aromatic heterocycles. The molecule has 0 radical (unpaired) electrons. The maximum absolute atomic E-state index is 12.1. The van der Waals surface area contributed by atoms with Crippen molar-refractivity contribution < 1.29 is 35.0 Å². The standard InChI is InChI=1S/C37H62O7/c1-21(2)11-9-12-22(3)23-13-10-16-37(8)29(23)24(39)19-27-35(6)17-15-28(34(4,5)26(35)14-18-36(27,37)7)44-33-32(42)31(41)30(40)25(20-38)43-33/h11-12,23-33,38-42H,9-10,13-20H2,1-8H3/b22-12-/t23-,24-,25-,26-,27-,28-,29+,30-,31+,32-,33+,35-,36-,37-/m1/s1. The van der Waals surface area contributed by atoms with E-state index in [4.69, 9.17) is 9.47 Å². The summed E-state index contributed by atoms with van der Waals surface area (Å²) in [5.74, 6) is 1.46. The van der Waals surface area contributed by atoms with Gasteiger partial charge in [0.25, 0.3) is 0 Å². The molecule has 5 aliphatic rings. The second-order valence-corrected chi connectivity index (χ2v) is 17.0. The molecule has 0 aromatic carbocycles. The molecule has 0 bridgehead atoms. The zero-order valence-corrected chi connectivity index (χ0v) is 28.6. The zero-order valence-electron chi connectivity index (χ0n) is 28.6. The zero-order chi connectivity index (χ0) is 32.4. The summed E-state index contributed by atoms with van der Waals surface area (Å²) in [6, 6.07) is 0. The Bertz CT molecular complexity index is 1100. The van der Waals surface area contributed by atoms with Gasteiger partial charge < -0.3 is 35.0 Å². The van der Waals surface area contributed by atoms with Crippen molar-refractivity contribution in [1.29, 1.82) is 0 Å². The predicted molar refractivity (Wildman–Crippen MR) is 171 cm³/mol. The Hall–Kier alpha value is -0.800. The normalized spacial score (nSPS) is 50.7. The quantitative estimate of drug-likeness (QED) is 0.196. The molecule has 5 fully saturated rings. The Morgan fingerprint density at radius 3 is 2.18 bits per heavy atom. The van der Waals surface area contributed by atoms with Crippen molar-refractivity contribution in [2.24, 2.45) is 45.3 Å². The first kappa shape index (κ1) is 34.5. The molecule has 0 amide bonds. The van der Waals surface area contributed by atoms with Crippen molar-refractivity contribution in [1.82, 2.24) is 0 Å². The fraction of sp³-hybridized carbons (Fsp3) is 0.892. The average Bonchev–Trinajstić information content (AvgIpc) is 2.95. The van der Waals surface area contributed by atoms with Gasteiger partial charge in [0.05, 0.1) is 18.8 Å². The molecule has 252 valence electrons. The van der Waals surface area contributed by atoms with Gasteiger partial charge in [-0.3, -0.25) is 0 Å². The molecule has 0 aromatic rings. The summed E-state index contributed by atoms with van der Waals surface area (Å²) < 4.78 is 12.2. The van der Waals surface area contributed by atoms with Gasteiger partial charge in [0.2, 0.25) is 0 Å². The summed E-state index contributed by atoms with van der Waals surface area (Å²) in [6.45, 7) is 18.2. The van der Waals surface area contributed by atoms with E-state index < -0.39 is 37.3 Å². The maximum Gasteiger partial charge on any atom is 0.186 e. The minimum absolute atomic E-state index is 0.0297. The second kappa shape index (κ2) is 12.3. The van der Waals surface area contributed by atoms with Crippen LogP contribution in [0.4, 0.5) is 0 Å². The highest BCUT2D eigenvalue weighted by Gasteiger charge is 2.69. The highest BCUT2D eigenvalue weighted by Crippen LogP contribution is 2.74. The lowest BCUT2D eigenvalue weighted by atomic mass is 9.33. The van der Waals surface area contributed by atoms with E-state index in [9.17, 15) is 25.5 Å². The summed E-state index contributed by atoms with van der Waals surface area (Å²) in [4.78, 5) is 0. The van der Waals surface area contributed by atoms with Crippen LogP contribution >= 0.6 is 0 Å². The van der Waals surface area contributed by atoms with Crippen molar-refractivity contribution in [3.05, 3.63) is 23.3 Å². The molecule has 1 heterocycles. The van der Waals surface area contributed by atoms with E-state index in [-0.39, 0.29) is 39.8 Å². The van der Waals surface area contributed by atoms with Crippen LogP contribution in [0, 0.1) is 45.3 Å². The summed E-state index contributed by atoms with van der Waals surface area (Å²) in [7, 11) is 0. The van der Waals surface area contributed by atoms with Crippen LogP contribution in [0.1, 0.15) is 113 Å². The molecular weight excluding hydrogens is 556 g/mol. The summed E-state index contributed by atoms with van der Waals surface area (Å²) in [5.41, 5.74) is 2.77. The van der Waals surface area contributed by atoms with Crippen LogP contribution in [-0.4, -0.2) is 75.1 Å². The van der Waals surface area contributed by atoms with E-state index in [2.05, 4.69) is 67.5 Å². The number of rotatable bonds is 6. The number of allylic oxidation sites excluding steroid dienone is 4. The van der Waals surface area contributed by atoms with Crippen LogP contribution in [0.5, 0.6) is 0 Å². The van der Waals surface area contributed by atoms with Crippen LogP contribution in [0.15, 0.2) is 23.3 Å². The van der Waals surface area contributed by atoms with Gasteiger partial charge in [-0.05, 0) is 117 Å². The molecule has 0 spiro atoms. The number of fused-ring (bicyclic) bond motifs is 5. The van der Waals surface area contributed by atoms with Gasteiger partial charge in [0.1, 0.15) is 24.4 Å². The van der Waals surface area contributed by atoms with Gasteiger partial charge in [0.15, 0.2) is 6.29 Å². The van der Waals surface area contributed by atoms with Crippen molar-refractivity contribution in [3.8, 4) is 0 Å². The molecule has 5 N–H and O–H groups in total. The fourth-order valence-electron chi connectivity index (χ4n) is 11.7. The number of hydrogen-bond acceptors (Lipinski definition) is 7. The van der Waals surface area contributed by atoms with Gasteiger partial charge in [0, 0.05) is 0 Å². The van der Waals surface area contributed by atoms with Crippen LogP contribution in [0.3, 0.4) is 0 Å². The van der Waals surface area contributed by atoms with Gasteiger partial charge in [-0.15, -0.1) is 0 Å². The van der Waals surface area contributed by atoms with Crippen LogP contribution < -0.4 is 0 Å². The monoisotopic (exact) mass is 618 g/mol. The number of ether oxygens (including phenoxy) is 2. The number of aliphatic hydroxyl groups excluding tert-OH is 5. The Kier molecular flexibility index (Phi) is 9.68. The Morgan fingerprint density at radius 1 is 0.818 bits per heavy atom. The predicted octanol–water partition coefficient (Wildman–Crippen LogP) is 5.52. The third-order valence-electron chi connectivity index (χ3n) is 14.3. The fourth-order valence-corrected chi connectivity index (χ4v) is 11.7. The molecule has 1 aliphatic heterocycles. The lowest BCUT2D eigenvalue weighted by Gasteiger charge is -2.72. The first-order valence-electron chi connectivity index (χ1n) is 17.5. The largest absolute Gasteiger partial charge is 0.394 e. The molecule has 1 saturated heterocycles. The van der Waals surface area contributed by atoms with Gasteiger partial charge in [-0.1, -0.05) is 64.3 Å². The van der Waals surface area contributed by atoms with Crippen molar-refractivity contribution in [3.63, 3.8) is 0 Å². The summed E-state index contributed by atoms with van der Waals surface area (Å²) in [6.07, 6.45) is 7.15. The van der Waals surface area contributed by atoms with Gasteiger partial charge in [-0.25, -0.2) is 0 Å². The molecule has 5 rings (SSSR count). The Balaban J connectivity index is 1.39. The minimum atomic E-state index is -1.44. The van der Waals surface area contributed by atoms with Crippen molar-refractivity contribution >= 4 is 0 Å². The highest BCUT2D eigenvalue weighted by molar-refractivity contribution is 5.21. The van der Waals surface area contributed by atoms with Crippen LogP contribution in [-0.2, 0) is 9.47 Å².